The van der Waals surface area contributed by atoms with Crippen LogP contribution in [0.5, 0.6) is 5.75 Å². The van der Waals surface area contributed by atoms with Crippen molar-refractivity contribution in [2.75, 3.05) is 18.5 Å². The maximum atomic E-state index is 12.6. The predicted molar refractivity (Wildman–Crippen MR) is 95.4 cm³/mol. The molecule has 0 fully saturated rings. The fourth-order valence-corrected chi connectivity index (χ4v) is 2.49. The standard InChI is InChI=1S/C18H28ClNO3/c1-5-8-11-18(4,23-7-3)17(21)20-14-9-10-16(15(19)13-14)22-12-6-2/h9-10,13H,5-8,11-12H2,1-4H3,(H,20,21)/t18-/m1/s1. The zero-order chi connectivity index (χ0) is 17.3. The van der Waals surface area contributed by atoms with Crippen LogP contribution in [0.3, 0.4) is 0 Å². The first-order valence-corrected chi connectivity index (χ1v) is 8.72. The van der Waals surface area contributed by atoms with Gasteiger partial charge in [0.05, 0.1) is 11.6 Å². The monoisotopic (exact) mass is 341 g/mol. The van der Waals surface area contributed by atoms with Gasteiger partial charge in [-0.05, 0) is 44.9 Å². The summed E-state index contributed by atoms with van der Waals surface area (Å²) in [7, 11) is 0. The number of amides is 1. The molecule has 1 rings (SSSR count). The first-order chi connectivity index (χ1) is 11.0. The van der Waals surface area contributed by atoms with Crippen LogP contribution >= 0.6 is 11.6 Å². The molecule has 0 aromatic heterocycles. The summed E-state index contributed by atoms with van der Waals surface area (Å²) in [5.41, 5.74) is -0.180. The quantitative estimate of drug-likeness (QED) is 0.647. The lowest BCUT2D eigenvalue weighted by Gasteiger charge is -2.28. The molecule has 1 aromatic rings. The summed E-state index contributed by atoms with van der Waals surface area (Å²) in [4.78, 5) is 12.6. The summed E-state index contributed by atoms with van der Waals surface area (Å²) in [6, 6.07) is 5.27. The van der Waals surface area contributed by atoms with E-state index in [2.05, 4.69) is 12.2 Å². The van der Waals surface area contributed by atoms with Crippen molar-refractivity contribution in [1.29, 1.82) is 0 Å². The molecule has 0 bridgehead atoms. The normalized spacial score (nSPS) is 13.4. The Labute approximate surface area is 144 Å². The van der Waals surface area contributed by atoms with E-state index in [0.717, 1.165) is 19.3 Å². The largest absolute Gasteiger partial charge is 0.492 e. The van der Waals surface area contributed by atoms with E-state index in [4.69, 9.17) is 21.1 Å². The van der Waals surface area contributed by atoms with E-state index in [1.807, 2.05) is 20.8 Å². The molecule has 0 saturated heterocycles. The molecule has 1 atom stereocenters. The number of nitrogens with one attached hydrogen (secondary N) is 1. The molecular formula is C18H28ClNO3. The van der Waals surface area contributed by atoms with Crippen LogP contribution in [-0.2, 0) is 9.53 Å². The van der Waals surface area contributed by atoms with Crippen molar-refractivity contribution in [3.8, 4) is 5.75 Å². The predicted octanol–water partition coefficient (Wildman–Crippen LogP) is 5.05. The van der Waals surface area contributed by atoms with E-state index in [9.17, 15) is 4.79 Å². The van der Waals surface area contributed by atoms with Crippen LogP contribution in [0.2, 0.25) is 5.02 Å². The van der Waals surface area contributed by atoms with E-state index in [0.29, 0.717) is 36.1 Å². The molecule has 23 heavy (non-hydrogen) atoms. The lowest BCUT2D eigenvalue weighted by atomic mass is 9.97. The first-order valence-electron chi connectivity index (χ1n) is 8.34. The number of halogens is 1. The number of unbranched alkanes of at least 4 members (excludes halogenated alkanes) is 1. The molecule has 0 aliphatic carbocycles. The summed E-state index contributed by atoms with van der Waals surface area (Å²) in [6.45, 7) is 8.98. The third-order valence-electron chi connectivity index (χ3n) is 3.60. The van der Waals surface area contributed by atoms with E-state index in [-0.39, 0.29) is 5.91 Å². The maximum absolute atomic E-state index is 12.6. The molecule has 0 aliphatic rings. The van der Waals surface area contributed by atoms with Gasteiger partial charge in [-0.15, -0.1) is 0 Å². The van der Waals surface area contributed by atoms with E-state index in [1.165, 1.54) is 0 Å². The molecule has 0 unspecified atom stereocenters. The number of carbonyl (C=O) groups excluding carboxylic acids is 1. The Hall–Kier alpha value is -1.26. The van der Waals surface area contributed by atoms with Crippen LogP contribution in [0, 0.1) is 0 Å². The van der Waals surface area contributed by atoms with E-state index < -0.39 is 5.60 Å². The smallest absolute Gasteiger partial charge is 0.256 e. The van der Waals surface area contributed by atoms with Crippen molar-refractivity contribution in [3.05, 3.63) is 23.2 Å². The first kappa shape index (κ1) is 19.8. The van der Waals surface area contributed by atoms with Crippen molar-refractivity contribution in [3.63, 3.8) is 0 Å². The highest BCUT2D eigenvalue weighted by atomic mass is 35.5. The third-order valence-corrected chi connectivity index (χ3v) is 3.90. The van der Waals surface area contributed by atoms with Gasteiger partial charge in [0.1, 0.15) is 11.4 Å². The fraction of sp³-hybridized carbons (Fsp3) is 0.611. The Morgan fingerprint density at radius 1 is 1.26 bits per heavy atom. The van der Waals surface area contributed by atoms with Crippen LogP contribution in [0.25, 0.3) is 0 Å². The zero-order valence-corrected chi connectivity index (χ0v) is 15.3. The second-order valence-electron chi connectivity index (χ2n) is 5.72. The minimum Gasteiger partial charge on any atom is -0.492 e. The van der Waals surface area contributed by atoms with E-state index >= 15 is 0 Å². The van der Waals surface area contributed by atoms with Crippen molar-refractivity contribution in [2.24, 2.45) is 0 Å². The number of hydrogen-bond donors (Lipinski definition) is 1. The van der Waals surface area contributed by atoms with Crippen LogP contribution in [-0.4, -0.2) is 24.7 Å². The second-order valence-corrected chi connectivity index (χ2v) is 6.12. The fourth-order valence-electron chi connectivity index (χ4n) is 2.25. The molecule has 0 aliphatic heterocycles. The summed E-state index contributed by atoms with van der Waals surface area (Å²) >= 11 is 6.20. The Morgan fingerprint density at radius 2 is 2.00 bits per heavy atom. The number of ether oxygens (including phenoxy) is 2. The van der Waals surface area contributed by atoms with Gasteiger partial charge in [-0.2, -0.15) is 0 Å². The highest BCUT2D eigenvalue weighted by molar-refractivity contribution is 6.32. The van der Waals surface area contributed by atoms with Crippen molar-refractivity contribution >= 4 is 23.2 Å². The van der Waals surface area contributed by atoms with Crippen molar-refractivity contribution in [1.82, 2.24) is 0 Å². The van der Waals surface area contributed by atoms with Gasteiger partial charge >= 0.3 is 0 Å². The topological polar surface area (TPSA) is 47.6 Å². The van der Waals surface area contributed by atoms with Gasteiger partial charge in [0.15, 0.2) is 0 Å². The summed E-state index contributed by atoms with van der Waals surface area (Å²) in [6.07, 6.45) is 3.56. The van der Waals surface area contributed by atoms with Gasteiger partial charge in [-0.1, -0.05) is 38.3 Å². The maximum Gasteiger partial charge on any atom is 0.256 e. The number of hydrogen-bond acceptors (Lipinski definition) is 3. The van der Waals surface area contributed by atoms with Gasteiger partial charge in [-0.3, -0.25) is 4.79 Å². The number of benzene rings is 1. The molecule has 5 heteroatoms. The number of carbonyl (C=O) groups is 1. The Morgan fingerprint density at radius 3 is 2.57 bits per heavy atom. The average molecular weight is 342 g/mol. The molecular weight excluding hydrogens is 314 g/mol. The van der Waals surface area contributed by atoms with Crippen LogP contribution in [0.1, 0.15) is 53.4 Å². The highest BCUT2D eigenvalue weighted by Gasteiger charge is 2.33. The zero-order valence-electron chi connectivity index (χ0n) is 14.6. The van der Waals surface area contributed by atoms with Gasteiger partial charge in [0.2, 0.25) is 0 Å². The highest BCUT2D eigenvalue weighted by Crippen LogP contribution is 2.29. The second kappa shape index (κ2) is 9.78. The van der Waals surface area contributed by atoms with E-state index in [1.54, 1.807) is 18.2 Å². The molecule has 0 spiro atoms. The summed E-state index contributed by atoms with van der Waals surface area (Å²) in [5, 5.41) is 3.39. The molecule has 0 saturated carbocycles. The van der Waals surface area contributed by atoms with Crippen molar-refractivity contribution in [2.45, 2.75) is 59.0 Å². The minimum absolute atomic E-state index is 0.147. The molecule has 1 amide bonds. The van der Waals surface area contributed by atoms with Crippen LogP contribution < -0.4 is 10.1 Å². The molecule has 0 heterocycles. The van der Waals surface area contributed by atoms with Gasteiger partial charge in [0, 0.05) is 12.3 Å². The summed E-state index contributed by atoms with van der Waals surface area (Å²) in [5.74, 6) is 0.483. The molecule has 1 N–H and O–H groups in total. The third kappa shape index (κ3) is 6.04. The van der Waals surface area contributed by atoms with Crippen molar-refractivity contribution < 1.29 is 14.3 Å². The lowest BCUT2D eigenvalue weighted by Crippen LogP contribution is -2.42. The molecule has 0 radical (unpaired) electrons. The number of rotatable bonds is 10. The SMILES string of the molecule is CCCC[C@@](C)(OCC)C(=O)Nc1ccc(OCCC)c(Cl)c1. The Bertz CT molecular complexity index is 507. The van der Waals surface area contributed by atoms with Gasteiger partial charge in [-0.25, -0.2) is 0 Å². The molecule has 1 aromatic carbocycles. The molecule has 4 nitrogen and oxygen atoms in total. The number of anilines is 1. The lowest BCUT2D eigenvalue weighted by molar-refractivity contribution is -0.139. The average Bonchev–Trinajstić information content (AvgIpc) is 2.52. The van der Waals surface area contributed by atoms with Gasteiger partial charge in [0.25, 0.3) is 5.91 Å². The van der Waals surface area contributed by atoms with Crippen LogP contribution in [0.15, 0.2) is 18.2 Å². The Balaban J connectivity index is 2.79. The minimum atomic E-state index is -0.825. The Kier molecular flexibility index (Phi) is 8.42. The van der Waals surface area contributed by atoms with Gasteiger partial charge < -0.3 is 14.8 Å². The summed E-state index contributed by atoms with van der Waals surface area (Å²) < 4.78 is 11.2. The van der Waals surface area contributed by atoms with Crippen LogP contribution in [0.4, 0.5) is 5.69 Å². The molecule has 130 valence electrons.